The molecule has 0 spiro atoms. The maximum atomic E-state index is 10.4. The fourth-order valence-electron chi connectivity index (χ4n) is 3.14. The van der Waals surface area contributed by atoms with Crippen LogP contribution < -0.4 is 11.1 Å². The number of nitrogens with zero attached hydrogens (tertiary/aromatic N) is 4. The van der Waals surface area contributed by atoms with Crippen LogP contribution in [0.3, 0.4) is 0 Å². The number of hydrogen-bond acceptors (Lipinski definition) is 8. The summed E-state index contributed by atoms with van der Waals surface area (Å²) in [4.78, 5) is 12.2. The van der Waals surface area contributed by atoms with E-state index in [0.717, 1.165) is 5.56 Å². The van der Waals surface area contributed by atoms with Crippen molar-refractivity contribution in [1.29, 1.82) is 0 Å². The van der Waals surface area contributed by atoms with Crippen LogP contribution in [-0.2, 0) is 11.3 Å². The number of aliphatic hydroxyl groups excluding tert-OH is 2. The molecule has 0 aliphatic carbocycles. The van der Waals surface area contributed by atoms with Crippen molar-refractivity contribution < 1.29 is 14.9 Å². The van der Waals surface area contributed by atoms with Crippen LogP contribution in [0.25, 0.3) is 11.2 Å². The van der Waals surface area contributed by atoms with E-state index in [9.17, 15) is 10.2 Å². The zero-order valence-electron chi connectivity index (χ0n) is 13.9. The number of nitrogens with one attached hydrogen (secondary N) is 1. The maximum absolute atomic E-state index is 10.4. The Kier molecular flexibility index (Phi) is 4.51. The van der Waals surface area contributed by atoms with E-state index in [4.69, 9.17) is 10.5 Å². The van der Waals surface area contributed by atoms with Gasteiger partial charge in [0, 0.05) is 13.1 Å². The molecule has 1 aromatic carbocycles. The average Bonchev–Trinajstić information content (AvgIpc) is 3.20. The van der Waals surface area contributed by atoms with Gasteiger partial charge in [0.15, 0.2) is 17.7 Å². The Morgan fingerprint density at radius 1 is 1.12 bits per heavy atom. The fraction of sp³-hybridized carbons (Fsp3) is 0.353. The molecule has 3 heterocycles. The standard InChI is InChI=1S/C17H20N6O3/c18-15-12-16(21-8-20-15)23(9-22-12)17-14(25)13(24)11(26-17)7-19-6-10-4-2-1-3-5-10/h1-5,8-9,11,13-14,17,19,24-25H,6-7H2,(H2,18,20,21)/t11-,13-,14-,17-/m1/s1. The lowest BCUT2D eigenvalue weighted by Crippen LogP contribution is -2.37. The number of aliphatic hydroxyl groups is 2. The highest BCUT2D eigenvalue weighted by Crippen LogP contribution is 2.31. The molecule has 1 fully saturated rings. The summed E-state index contributed by atoms with van der Waals surface area (Å²) in [5, 5.41) is 24.0. The van der Waals surface area contributed by atoms with Crippen molar-refractivity contribution in [3.05, 3.63) is 48.5 Å². The van der Waals surface area contributed by atoms with E-state index in [1.165, 1.54) is 12.7 Å². The van der Waals surface area contributed by atoms with E-state index in [1.807, 2.05) is 30.3 Å². The number of rotatable bonds is 5. The van der Waals surface area contributed by atoms with Crippen LogP contribution in [0, 0.1) is 0 Å². The zero-order chi connectivity index (χ0) is 18.1. The first-order valence-corrected chi connectivity index (χ1v) is 8.34. The molecule has 1 saturated heterocycles. The van der Waals surface area contributed by atoms with Crippen LogP contribution in [0.15, 0.2) is 43.0 Å². The molecule has 0 bridgehead atoms. The highest BCUT2D eigenvalue weighted by Gasteiger charge is 2.44. The summed E-state index contributed by atoms with van der Waals surface area (Å²) in [7, 11) is 0. The zero-order valence-corrected chi connectivity index (χ0v) is 13.9. The maximum Gasteiger partial charge on any atom is 0.167 e. The largest absolute Gasteiger partial charge is 0.387 e. The molecule has 0 amide bonds. The minimum absolute atomic E-state index is 0.253. The molecule has 9 nitrogen and oxygen atoms in total. The lowest BCUT2D eigenvalue weighted by molar-refractivity contribution is -0.0342. The SMILES string of the molecule is Nc1ncnc2c1ncn2[C@@H]1O[C@H](CNCc2ccccc2)[C@@H](O)[C@H]1O. The monoisotopic (exact) mass is 356 g/mol. The summed E-state index contributed by atoms with van der Waals surface area (Å²) in [5.74, 6) is 0.253. The number of aromatic nitrogens is 4. The predicted molar refractivity (Wildman–Crippen MR) is 93.8 cm³/mol. The van der Waals surface area contributed by atoms with E-state index in [-0.39, 0.29) is 5.82 Å². The molecule has 4 atom stereocenters. The molecule has 0 saturated carbocycles. The van der Waals surface area contributed by atoms with Crippen molar-refractivity contribution in [3.63, 3.8) is 0 Å². The van der Waals surface area contributed by atoms with Crippen molar-refractivity contribution >= 4 is 17.0 Å². The highest BCUT2D eigenvalue weighted by molar-refractivity contribution is 5.81. The van der Waals surface area contributed by atoms with Gasteiger partial charge in [0.2, 0.25) is 0 Å². The molecule has 0 unspecified atom stereocenters. The minimum atomic E-state index is -1.10. The predicted octanol–water partition coefficient (Wildman–Crippen LogP) is -0.183. The summed E-state index contributed by atoms with van der Waals surface area (Å²) in [6, 6.07) is 9.92. The van der Waals surface area contributed by atoms with Crippen LogP contribution in [-0.4, -0.2) is 54.6 Å². The normalized spacial score (nSPS) is 25.8. The molecule has 3 aromatic rings. The summed E-state index contributed by atoms with van der Waals surface area (Å²) in [5.41, 5.74) is 7.80. The number of fused-ring (bicyclic) bond motifs is 1. The number of imidazole rings is 1. The highest BCUT2D eigenvalue weighted by atomic mass is 16.6. The van der Waals surface area contributed by atoms with Gasteiger partial charge in [-0.1, -0.05) is 30.3 Å². The molecule has 0 radical (unpaired) electrons. The first-order valence-electron chi connectivity index (χ1n) is 8.34. The third-order valence-corrected chi connectivity index (χ3v) is 4.52. The van der Waals surface area contributed by atoms with Crippen molar-refractivity contribution in [2.45, 2.75) is 31.1 Å². The molecule has 1 aliphatic heterocycles. The number of benzene rings is 1. The van der Waals surface area contributed by atoms with Crippen molar-refractivity contribution in [2.24, 2.45) is 0 Å². The van der Waals surface area contributed by atoms with Gasteiger partial charge in [0.1, 0.15) is 30.2 Å². The second kappa shape index (κ2) is 6.96. The Bertz CT molecular complexity index is 887. The molecule has 9 heteroatoms. The molecule has 136 valence electrons. The molecule has 2 aromatic heterocycles. The van der Waals surface area contributed by atoms with Gasteiger partial charge in [0.05, 0.1) is 6.33 Å². The average molecular weight is 356 g/mol. The van der Waals surface area contributed by atoms with Gasteiger partial charge in [-0.3, -0.25) is 4.57 Å². The molecular formula is C17H20N6O3. The van der Waals surface area contributed by atoms with Crippen molar-refractivity contribution in [3.8, 4) is 0 Å². The van der Waals surface area contributed by atoms with Gasteiger partial charge in [-0.2, -0.15) is 0 Å². The fourth-order valence-corrected chi connectivity index (χ4v) is 3.14. The third-order valence-electron chi connectivity index (χ3n) is 4.52. The minimum Gasteiger partial charge on any atom is -0.387 e. The smallest absolute Gasteiger partial charge is 0.167 e. The van der Waals surface area contributed by atoms with E-state index < -0.39 is 24.5 Å². The number of hydrogen-bond donors (Lipinski definition) is 4. The Morgan fingerprint density at radius 2 is 1.92 bits per heavy atom. The summed E-state index contributed by atoms with van der Waals surface area (Å²) >= 11 is 0. The summed E-state index contributed by atoms with van der Waals surface area (Å²) < 4.78 is 7.44. The van der Waals surface area contributed by atoms with Crippen LogP contribution >= 0.6 is 0 Å². The molecule has 1 aliphatic rings. The second-order valence-corrected chi connectivity index (χ2v) is 6.25. The lowest BCUT2D eigenvalue weighted by atomic mass is 10.1. The van der Waals surface area contributed by atoms with Crippen LogP contribution in [0.4, 0.5) is 5.82 Å². The van der Waals surface area contributed by atoms with E-state index >= 15 is 0 Å². The molecule has 5 N–H and O–H groups in total. The Labute approximate surface area is 149 Å². The van der Waals surface area contributed by atoms with Gasteiger partial charge in [-0.05, 0) is 5.56 Å². The number of anilines is 1. The lowest BCUT2D eigenvalue weighted by Gasteiger charge is -2.16. The Hall–Kier alpha value is -2.59. The Morgan fingerprint density at radius 3 is 2.73 bits per heavy atom. The molecule has 4 rings (SSSR count). The summed E-state index contributed by atoms with van der Waals surface area (Å²) in [6.07, 6.45) is -0.682. The van der Waals surface area contributed by atoms with Gasteiger partial charge in [-0.25, -0.2) is 15.0 Å². The number of ether oxygens (including phenoxy) is 1. The van der Waals surface area contributed by atoms with E-state index in [0.29, 0.717) is 24.3 Å². The summed E-state index contributed by atoms with van der Waals surface area (Å²) in [6.45, 7) is 1.04. The first-order chi connectivity index (χ1) is 12.6. The quantitative estimate of drug-likeness (QED) is 0.495. The van der Waals surface area contributed by atoms with Crippen molar-refractivity contribution in [1.82, 2.24) is 24.8 Å². The van der Waals surface area contributed by atoms with E-state index in [2.05, 4.69) is 20.3 Å². The van der Waals surface area contributed by atoms with E-state index in [1.54, 1.807) is 4.57 Å². The van der Waals surface area contributed by atoms with Crippen LogP contribution in [0.2, 0.25) is 0 Å². The first kappa shape index (κ1) is 16.9. The molecule has 26 heavy (non-hydrogen) atoms. The van der Waals surface area contributed by atoms with Gasteiger partial charge in [-0.15, -0.1) is 0 Å². The topological polar surface area (TPSA) is 131 Å². The number of nitrogen functional groups attached to an aromatic ring is 1. The van der Waals surface area contributed by atoms with Gasteiger partial charge in [0.25, 0.3) is 0 Å². The Balaban J connectivity index is 1.46. The van der Waals surface area contributed by atoms with Crippen LogP contribution in [0.1, 0.15) is 11.8 Å². The third kappa shape index (κ3) is 3.01. The second-order valence-electron chi connectivity index (χ2n) is 6.25. The van der Waals surface area contributed by atoms with Crippen molar-refractivity contribution in [2.75, 3.05) is 12.3 Å². The molecular weight excluding hydrogens is 336 g/mol. The van der Waals surface area contributed by atoms with Gasteiger partial charge >= 0.3 is 0 Å². The van der Waals surface area contributed by atoms with Crippen LogP contribution in [0.5, 0.6) is 0 Å². The number of nitrogens with two attached hydrogens (primary N) is 1. The van der Waals surface area contributed by atoms with Gasteiger partial charge < -0.3 is 26.0 Å².